The summed E-state index contributed by atoms with van der Waals surface area (Å²) < 4.78 is 0. The number of thiol groups is 1. The third-order valence-electron chi connectivity index (χ3n) is 4.43. The van der Waals surface area contributed by atoms with Gasteiger partial charge in [0, 0.05) is 18.8 Å². The summed E-state index contributed by atoms with van der Waals surface area (Å²) >= 11 is 10.5. The molecule has 2 aliphatic rings. The first kappa shape index (κ1) is 15.8. The Bertz CT molecular complexity index is 608. The highest BCUT2D eigenvalue weighted by atomic mass is 35.5. The van der Waals surface area contributed by atoms with Gasteiger partial charge in [-0.1, -0.05) is 18.2 Å². The average Bonchev–Trinajstić information content (AvgIpc) is 2.83. The molecule has 0 aromatic heterocycles. The topological polar surface area (TPSA) is 49.4 Å². The van der Waals surface area contributed by atoms with Gasteiger partial charge in [-0.3, -0.25) is 19.8 Å². The molecule has 0 aliphatic carbocycles. The van der Waals surface area contributed by atoms with Crippen LogP contribution in [0.1, 0.15) is 41.3 Å². The highest BCUT2D eigenvalue weighted by molar-refractivity contribution is 7.80. The standard InChI is InChI=1S/C16H19ClN2O2S/c17-8-2-4-10-3-1-5-11-12(10)9-19(16(11)22)13-6-7-14(20)18-15(13)21/h1,3,5,13,16,22H,2,4,6-9H2,(H,18,20,21). The summed E-state index contributed by atoms with van der Waals surface area (Å²) in [5.41, 5.74) is 3.71. The third-order valence-corrected chi connectivity index (χ3v) is 5.27. The van der Waals surface area contributed by atoms with Crippen LogP contribution in [-0.2, 0) is 22.6 Å². The van der Waals surface area contributed by atoms with Crippen LogP contribution in [0, 0.1) is 0 Å². The van der Waals surface area contributed by atoms with Crippen LogP contribution >= 0.6 is 24.2 Å². The van der Waals surface area contributed by atoms with E-state index in [0.717, 1.165) is 12.8 Å². The molecule has 0 bridgehead atoms. The Kier molecular flexibility index (Phi) is 4.76. The fourth-order valence-corrected chi connectivity index (χ4v) is 3.93. The second-order valence-corrected chi connectivity index (χ2v) is 6.66. The molecule has 0 spiro atoms. The molecule has 2 amide bonds. The number of carbonyl (C=O) groups excluding carboxylic acids is 2. The molecule has 0 radical (unpaired) electrons. The van der Waals surface area contributed by atoms with Crippen LogP contribution in [0.25, 0.3) is 0 Å². The Morgan fingerprint density at radius 2 is 2.18 bits per heavy atom. The minimum Gasteiger partial charge on any atom is -0.295 e. The van der Waals surface area contributed by atoms with Gasteiger partial charge in [0.1, 0.15) is 0 Å². The van der Waals surface area contributed by atoms with Crippen molar-refractivity contribution in [2.24, 2.45) is 0 Å². The monoisotopic (exact) mass is 338 g/mol. The lowest BCUT2D eigenvalue weighted by Gasteiger charge is -2.32. The number of hydrogen-bond acceptors (Lipinski definition) is 4. The van der Waals surface area contributed by atoms with Crippen molar-refractivity contribution in [3.05, 3.63) is 34.9 Å². The number of fused-ring (bicyclic) bond motifs is 1. The van der Waals surface area contributed by atoms with Gasteiger partial charge in [-0.15, -0.1) is 11.6 Å². The van der Waals surface area contributed by atoms with Gasteiger partial charge in [0.2, 0.25) is 11.8 Å². The predicted octanol–water partition coefficient (Wildman–Crippen LogP) is 2.41. The fraction of sp³-hybridized carbons (Fsp3) is 0.500. The molecule has 22 heavy (non-hydrogen) atoms. The van der Waals surface area contributed by atoms with E-state index in [1.807, 2.05) is 6.07 Å². The van der Waals surface area contributed by atoms with Crippen molar-refractivity contribution >= 4 is 36.0 Å². The Hall–Kier alpha value is -1.04. The number of hydrogen-bond donors (Lipinski definition) is 2. The quantitative estimate of drug-likeness (QED) is 0.503. The molecule has 4 nitrogen and oxygen atoms in total. The molecule has 0 saturated carbocycles. The number of halogens is 1. The number of rotatable bonds is 4. The zero-order valence-electron chi connectivity index (χ0n) is 12.2. The van der Waals surface area contributed by atoms with Gasteiger partial charge >= 0.3 is 0 Å². The van der Waals surface area contributed by atoms with E-state index < -0.39 is 0 Å². The van der Waals surface area contributed by atoms with Gasteiger partial charge < -0.3 is 0 Å². The normalized spacial score (nSPS) is 25.2. The second-order valence-electron chi connectivity index (χ2n) is 5.79. The minimum atomic E-state index is -0.284. The lowest BCUT2D eigenvalue weighted by Crippen LogP contribution is -2.51. The number of piperidine rings is 1. The van der Waals surface area contributed by atoms with E-state index >= 15 is 0 Å². The predicted molar refractivity (Wildman–Crippen MR) is 88.9 cm³/mol. The molecule has 2 aliphatic heterocycles. The van der Waals surface area contributed by atoms with Crippen LogP contribution in [0.5, 0.6) is 0 Å². The van der Waals surface area contributed by atoms with Gasteiger partial charge in [-0.25, -0.2) is 0 Å². The Labute approximate surface area is 140 Å². The summed E-state index contributed by atoms with van der Waals surface area (Å²) in [6.07, 6.45) is 2.83. The lowest BCUT2D eigenvalue weighted by atomic mass is 10.00. The minimum absolute atomic E-state index is 0.102. The second kappa shape index (κ2) is 6.60. The van der Waals surface area contributed by atoms with Crippen molar-refractivity contribution in [1.29, 1.82) is 0 Å². The Morgan fingerprint density at radius 1 is 1.36 bits per heavy atom. The zero-order chi connectivity index (χ0) is 15.7. The van der Waals surface area contributed by atoms with Gasteiger partial charge in [0.25, 0.3) is 0 Å². The lowest BCUT2D eigenvalue weighted by molar-refractivity contribution is -0.137. The number of carbonyl (C=O) groups is 2. The molecule has 1 aromatic carbocycles. The van der Waals surface area contributed by atoms with E-state index in [0.29, 0.717) is 25.3 Å². The van der Waals surface area contributed by atoms with Crippen molar-refractivity contribution in [2.75, 3.05) is 5.88 Å². The van der Waals surface area contributed by atoms with E-state index in [4.69, 9.17) is 24.2 Å². The molecular formula is C16H19ClN2O2S. The number of amides is 2. The Balaban J connectivity index is 1.83. The smallest absolute Gasteiger partial charge is 0.243 e. The zero-order valence-corrected chi connectivity index (χ0v) is 13.9. The summed E-state index contributed by atoms with van der Waals surface area (Å²) in [5.74, 6) is 0.257. The van der Waals surface area contributed by atoms with Gasteiger partial charge in [-0.2, -0.15) is 12.6 Å². The van der Waals surface area contributed by atoms with Crippen LogP contribution in [0.2, 0.25) is 0 Å². The molecule has 3 rings (SSSR count). The average molecular weight is 339 g/mol. The number of nitrogens with one attached hydrogen (secondary N) is 1. The van der Waals surface area contributed by atoms with Crippen LogP contribution in [0.4, 0.5) is 0 Å². The summed E-state index contributed by atoms with van der Waals surface area (Å²) in [5, 5.41) is 2.33. The van der Waals surface area contributed by atoms with E-state index in [-0.39, 0.29) is 23.2 Å². The maximum Gasteiger partial charge on any atom is 0.243 e. The summed E-state index contributed by atoms with van der Waals surface area (Å²) in [7, 11) is 0. The van der Waals surface area contributed by atoms with Crippen molar-refractivity contribution in [1.82, 2.24) is 10.2 Å². The fourth-order valence-electron chi connectivity index (χ4n) is 3.31. The van der Waals surface area contributed by atoms with E-state index in [9.17, 15) is 9.59 Å². The molecule has 1 aromatic rings. The van der Waals surface area contributed by atoms with Crippen molar-refractivity contribution < 1.29 is 9.59 Å². The van der Waals surface area contributed by atoms with Crippen LogP contribution in [-0.4, -0.2) is 28.6 Å². The molecule has 1 N–H and O–H groups in total. The summed E-state index contributed by atoms with van der Waals surface area (Å²) in [4.78, 5) is 25.5. The maximum absolute atomic E-state index is 12.1. The summed E-state index contributed by atoms with van der Waals surface area (Å²) in [6, 6.07) is 5.95. The first-order chi connectivity index (χ1) is 10.6. The first-order valence-electron chi connectivity index (χ1n) is 7.56. The number of benzene rings is 1. The molecule has 1 saturated heterocycles. The number of imide groups is 1. The van der Waals surface area contributed by atoms with Crippen LogP contribution in [0.15, 0.2) is 18.2 Å². The largest absolute Gasteiger partial charge is 0.295 e. The molecule has 2 heterocycles. The van der Waals surface area contributed by atoms with E-state index in [1.54, 1.807) is 0 Å². The molecular weight excluding hydrogens is 320 g/mol. The van der Waals surface area contributed by atoms with Crippen LogP contribution < -0.4 is 5.32 Å². The molecule has 6 heteroatoms. The van der Waals surface area contributed by atoms with Gasteiger partial charge in [-0.05, 0) is 36.0 Å². The number of aryl methyl sites for hydroxylation is 1. The molecule has 1 fully saturated rings. The summed E-state index contributed by atoms with van der Waals surface area (Å²) in [6.45, 7) is 0.703. The highest BCUT2D eigenvalue weighted by Gasteiger charge is 2.39. The van der Waals surface area contributed by atoms with E-state index in [1.165, 1.54) is 16.7 Å². The highest BCUT2D eigenvalue weighted by Crippen LogP contribution is 2.40. The first-order valence-corrected chi connectivity index (χ1v) is 8.61. The molecule has 2 atom stereocenters. The third kappa shape index (κ3) is 2.90. The van der Waals surface area contributed by atoms with Gasteiger partial charge in [0.05, 0.1) is 11.4 Å². The molecule has 118 valence electrons. The molecule has 2 unspecified atom stereocenters. The maximum atomic E-state index is 12.1. The SMILES string of the molecule is O=C1CCC(N2Cc3c(CCCCl)cccc3C2S)C(=O)N1. The Morgan fingerprint density at radius 3 is 2.91 bits per heavy atom. The van der Waals surface area contributed by atoms with E-state index in [2.05, 4.69) is 22.3 Å². The van der Waals surface area contributed by atoms with Crippen LogP contribution in [0.3, 0.4) is 0 Å². The van der Waals surface area contributed by atoms with Crippen molar-refractivity contribution in [3.63, 3.8) is 0 Å². The number of alkyl halides is 1. The van der Waals surface area contributed by atoms with Crippen molar-refractivity contribution in [2.45, 2.75) is 43.6 Å². The van der Waals surface area contributed by atoms with Crippen molar-refractivity contribution in [3.8, 4) is 0 Å². The number of nitrogens with zero attached hydrogens (tertiary/aromatic N) is 1. The van der Waals surface area contributed by atoms with Gasteiger partial charge in [0.15, 0.2) is 0 Å².